The van der Waals surface area contributed by atoms with Gasteiger partial charge in [-0.2, -0.15) is 5.10 Å². The molecule has 2 heterocycles. The highest BCUT2D eigenvalue weighted by Gasteiger charge is 2.53. The summed E-state index contributed by atoms with van der Waals surface area (Å²) in [6, 6.07) is 17.9. The van der Waals surface area contributed by atoms with Crippen molar-refractivity contribution < 1.29 is 18.7 Å². The molecule has 3 aromatic carbocycles. The summed E-state index contributed by atoms with van der Waals surface area (Å²) in [6.45, 7) is 1.82. The van der Waals surface area contributed by atoms with Crippen molar-refractivity contribution in [2.45, 2.75) is 35.2 Å². The van der Waals surface area contributed by atoms with Crippen LogP contribution in [0.1, 0.15) is 35.4 Å². The van der Waals surface area contributed by atoms with Gasteiger partial charge >= 0.3 is 0 Å². The minimum Gasteiger partial charge on any atom is -0.350 e. The molecule has 1 N–H and O–H groups in total. The number of fused-ring (bicyclic) bond motifs is 1. The van der Waals surface area contributed by atoms with Gasteiger partial charge in [-0.3, -0.25) is 9.69 Å². The number of aromatic nitrogens is 3. The third kappa shape index (κ3) is 3.92. The summed E-state index contributed by atoms with van der Waals surface area (Å²) in [6.07, 6.45) is 2.28. The van der Waals surface area contributed by atoms with E-state index in [9.17, 15) is 14.3 Å². The first kappa shape index (κ1) is 24.0. The summed E-state index contributed by atoms with van der Waals surface area (Å²) >= 11 is 1.50. The van der Waals surface area contributed by atoms with Crippen molar-refractivity contribution in [2.24, 2.45) is 0 Å². The molecule has 10 heteroatoms. The quantitative estimate of drug-likeness (QED) is 0.396. The average Bonchev–Trinajstić information content (AvgIpc) is 3.40. The molecule has 2 unspecified atom stereocenters. The SMILES string of the molecule is CCC(N1C(=O)c2ccc(Sc3ccccc3)cc2N(C)C1(O)c1ccc(F)cc1F)n1cncn1. The maximum atomic E-state index is 15.2. The van der Waals surface area contributed by atoms with E-state index in [1.807, 2.05) is 43.3 Å². The van der Waals surface area contributed by atoms with Gasteiger partial charge in [0, 0.05) is 22.9 Å². The second-order valence-corrected chi connectivity index (χ2v) is 9.50. The van der Waals surface area contributed by atoms with Crippen molar-refractivity contribution in [3.63, 3.8) is 0 Å². The number of amides is 1. The number of halogens is 2. The molecule has 0 spiro atoms. The number of nitrogens with zero attached hydrogens (tertiary/aromatic N) is 5. The van der Waals surface area contributed by atoms with Gasteiger partial charge in [-0.25, -0.2) is 18.4 Å². The molecule has 0 fully saturated rings. The van der Waals surface area contributed by atoms with Gasteiger partial charge in [0.05, 0.1) is 16.8 Å². The largest absolute Gasteiger partial charge is 0.350 e. The first-order valence-electron chi connectivity index (χ1n) is 11.3. The summed E-state index contributed by atoms with van der Waals surface area (Å²) in [4.78, 5) is 22.4. The van der Waals surface area contributed by atoms with Crippen LogP contribution in [0.5, 0.6) is 0 Å². The predicted molar refractivity (Wildman–Crippen MR) is 131 cm³/mol. The number of hydrogen-bond donors (Lipinski definition) is 1. The summed E-state index contributed by atoms with van der Waals surface area (Å²) in [5, 5.41) is 16.4. The van der Waals surface area contributed by atoms with E-state index in [1.54, 1.807) is 19.2 Å². The number of benzene rings is 3. The zero-order valence-corrected chi connectivity index (χ0v) is 20.4. The molecule has 1 aliphatic heterocycles. The normalized spacial score (nSPS) is 18.3. The molecule has 1 aliphatic rings. The fraction of sp³-hybridized carbons (Fsp3) is 0.192. The second-order valence-electron chi connectivity index (χ2n) is 8.35. The van der Waals surface area contributed by atoms with Gasteiger partial charge in [-0.05, 0) is 48.9 Å². The Morgan fingerprint density at radius 1 is 1.06 bits per heavy atom. The lowest BCUT2D eigenvalue weighted by molar-refractivity contribution is -0.132. The molecule has 2 atom stereocenters. The van der Waals surface area contributed by atoms with Crippen molar-refractivity contribution in [2.75, 3.05) is 11.9 Å². The van der Waals surface area contributed by atoms with Gasteiger partial charge in [0.2, 0.25) is 0 Å². The van der Waals surface area contributed by atoms with Gasteiger partial charge in [0.25, 0.3) is 11.8 Å². The minimum atomic E-state index is -2.29. The molecule has 1 amide bonds. The monoisotopic (exact) mass is 507 g/mol. The van der Waals surface area contributed by atoms with Crippen molar-refractivity contribution in [1.29, 1.82) is 0 Å². The number of carbonyl (C=O) groups excluding carboxylic acids is 1. The van der Waals surface area contributed by atoms with Crippen LogP contribution in [0.15, 0.2) is 89.2 Å². The fourth-order valence-electron chi connectivity index (χ4n) is 4.53. The molecule has 0 saturated heterocycles. The topological polar surface area (TPSA) is 74.5 Å². The van der Waals surface area contributed by atoms with Crippen molar-refractivity contribution in [3.8, 4) is 0 Å². The lowest BCUT2D eigenvalue weighted by Crippen LogP contribution is -2.64. The van der Waals surface area contributed by atoms with E-state index >= 15 is 4.39 Å². The Labute approximate surface area is 211 Å². The number of hydrogen-bond acceptors (Lipinski definition) is 6. The third-order valence-electron chi connectivity index (χ3n) is 6.26. The molecule has 0 bridgehead atoms. The summed E-state index contributed by atoms with van der Waals surface area (Å²) in [7, 11) is 1.58. The molecule has 1 aromatic heterocycles. The van der Waals surface area contributed by atoms with Gasteiger partial charge < -0.3 is 10.0 Å². The highest BCUT2D eigenvalue weighted by atomic mass is 32.2. The molecule has 7 nitrogen and oxygen atoms in total. The standard InChI is InChI=1S/C26H23F2N5O2S/c1-3-24(32-16-29-15-30-32)33-25(34)20-11-10-19(36-18-7-5-4-6-8-18)14-23(20)31(2)26(33,35)21-12-9-17(27)13-22(21)28/h4-16,24,35H,3H2,1-2H3. The molecule has 36 heavy (non-hydrogen) atoms. The average molecular weight is 508 g/mol. The van der Waals surface area contributed by atoms with Crippen LogP contribution in [0.25, 0.3) is 0 Å². The van der Waals surface area contributed by atoms with E-state index in [0.717, 1.165) is 21.9 Å². The van der Waals surface area contributed by atoms with Crippen LogP contribution >= 0.6 is 11.8 Å². The Kier molecular flexibility index (Phi) is 6.23. The Morgan fingerprint density at radius 3 is 2.50 bits per heavy atom. The summed E-state index contributed by atoms with van der Waals surface area (Å²) < 4.78 is 30.5. The Bertz CT molecular complexity index is 1400. The highest BCUT2D eigenvalue weighted by Crippen LogP contribution is 2.46. The molecule has 184 valence electrons. The Hall–Kier alpha value is -3.76. The van der Waals surface area contributed by atoms with Crippen LogP contribution in [0.3, 0.4) is 0 Å². The van der Waals surface area contributed by atoms with Crippen LogP contribution in [-0.2, 0) is 5.85 Å². The van der Waals surface area contributed by atoms with Crippen molar-refractivity contribution >= 4 is 23.4 Å². The molecule has 0 radical (unpaired) electrons. The summed E-state index contributed by atoms with van der Waals surface area (Å²) in [5.41, 5.74) is 0.489. The third-order valence-corrected chi connectivity index (χ3v) is 7.26. The lowest BCUT2D eigenvalue weighted by atomic mass is 9.97. The maximum Gasteiger partial charge on any atom is 0.261 e. The molecule has 0 saturated carbocycles. The van der Waals surface area contributed by atoms with Crippen LogP contribution in [0.2, 0.25) is 0 Å². The smallest absolute Gasteiger partial charge is 0.261 e. The first-order chi connectivity index (χ1) is 17.3. The van der Waals surface area contributed by atoms with E-state index < -0.39 is 29.6 Å². The van der Waals surface area contributed by atoms with E-state index in [4.69, 9.17) is 0 Å². The Balaban J connectivity index is 1.69. The van der Waals surface area contributed by atoms with E-state index in [-0.39, 0.29) is 5.56 Å². The Morgan fingerprint density at radius 2 is 1.83 bits per heavy atom. The number of rotatable bonds is 6. The zero-order chi connectivity index (χ0) is 25.4. The molecular formula is C26H23F2N5O2S. The maximum absolute atomic E-state index is 15.2. The van der Waals surface area contributed by atoms with Gasteiger partial charge in [0.1, 0.15) is 30.5 Å². The van der Waals surface area contributed by atoms with E-state index in [0.29, 0.717) is 23.7 Å². The van der Waals surface area contributed by atoms with Crippen LogP contribution in [-0.4, -0.2) is 37.7 Å². The van der Waals surface area contributed by atoms with E-state index in [2.05, 4.69) is 10.1 Å². The molecule has 4 aromatic rings. The van der Waals surface area contributed by atoms with Gasteiger partial charge in [-0.1, -0.05) is 36.9 Å². The van der Waals surface area contributed by atoms with Crippen molar-refractivity contribution in [1.82, 2.24) is 19.7 Å². The van der Waals surface area contributed by atoms with Crippen molar-refractivity contribution in [3.05, 3.63) is 102 Å². The van der Waals surface area contributed by atoms with Crippen LogP contribution < -0.4 is 4.90 Å². The van der Waals surface area contributed by atoms with Gasteiger partial charge in [0.15, 0.2) is 0 Å². The fourth-order valence-corrected chi connectivity index (χ4v) is 5.41. The van der Waals surface area contributed by atoms with Gasteiger partial charge in [-0.15, -0.1) is 0 Å². The zero-order valence-electron chi connectivity index (χ0n) is 19.5. The predicted octanol–water partition coefficient (Wildman–Crippen LogP) is 5.01. The van der Waals surface area contributed by atoms with E-state index in [1.165, 1.54) is 38.9 Å². The molecule has 5 rings (SSSR count). The molecule has 0 aliphatic carbocycles. The minimum absolute atomic E-state index is 0.259. The number of aliphatic hydroxyl groups is 1. The lowest BCUT2D eigenvalue weighted by Gasteiger charge is -2.52. The van der Waals surface area contributed by atoms with Crippen LogP contribution in [0, 0.1) is 11.6 Å². The number of anilines is 1. The molecular weight excluding hydrogens is 484 g/mol. The number of carbonyl (C=O) groups is 1. The second kappa shape index (κ2) is 9.36. The first-order valence-corrected chi connectivity index (χ1v) is 12.1. The highest BCUT2D eigenvalue weighted by molar-refractivity contribution is 7.99. The summed E-state index contributed by atoms with van der Waals surface area (Å²) in [5.74, 6) is -4.58. The van der Waals surface area contributed by atoms with Crippen LogP contribution in [0.4, 0.5) is 14.5 Å².